The highest BCUT2D eigenvalue weighted by Crippen LogP contribution is 2.29. The van der Waals surface area contributed by atoms with Gasteiger partial charge in [-0.1, -0.05) is 0 Å². The standard InChI is InChI=1S/C12H13F3O3/c1-7-4-10(17-6-12(13,14)15)5-8(2)11(7)18-9(3)16/h4-5H,6H2,1-3H3. The Bertz CT molecular complexity index is 429. The highest BCUT2D eigenvalue weighted by Gasteiger charge is 2.28. The van der Waals surface area contributed by atoms with Gasteiger partial charge in [0.25, 0.3) is 0 Å². The fourth-order valence-corrected chi connectivity index (χ4v) is 1.46. The maximum Gasteiger partial charge on any atom is 0.422 e. The van der Waals surface area contributed by atoms with Gasteiger partial charge in [-0.25, -0.2) is 0 Å². The minimum atomic E-state index is -4.38. The van der Waals surface area contributed by atoms with Crippen LogP contribution in [0, 0.1) is 13.8 Å². The molecule has 0 aliphatic heterocycles. The Morgan fingerprint density at radius 3 is 2.11 bits per heavy atom. The van der Waals surface area contributed by atoms with Gasteiger partial charge >= 0.3 is 12.1 Å². The topological polar surface area (TPSA) is 35.5 Å². The van der Waals surface area contributed by atoms with E-state index in [2.05, 4.69) is 4.74 Å². The molecule has 1 aromatic carbocycles. The molecule has 0 aliphatic rings. The summed E-state index contributed by atoms with van der Waals surface area (Å²) in [6, 6.07) is 2.80. The molecular formula is C12H13F3O3. The van der Waals surface area contributed by atoms with Crippen LogP contribution in [0.25, 0.3) is 0 Å². The highest BCUT2D eigenvalue weighted by molar-refractivity contribution is 5.70. The largest absolute Gasteiger partial charge is 0.484 e. The summed E-state index contributed by atoms with van der Waals surface area (Å²) in [7, 11) is 0. The Balaban J connectivity index is 2.89. The van der Waals surface area contributed by atoms with E-state index in [9.17, 15) is 18.0 Å². The quantitative estimate of drug-likeness (QED) is 0.620. The zero-order chi connectivity index (χ0) is 13.9. The van der Waals surface area contributed by atoms with E-state index in [-0.39, 0.29) is 5.75 Å². The SMILES string of the molecule is CC(=O)Oc1c(C)cc(OCC(F)(F)F)cc1C. The summed E-state index contributed by atoms with van der Waals surface area (Å²) in [5.74, 6) is -0.0368. The molecule has 0 bridgehead atoms. The number of halogens is 3. The van der Waals surface area contributed by atoms with Gasteiger partial charge in [-0.3, -0.25) is 4.79 Å². The van der Waals surface area contributed by atoms with Gasteiger partial charge in [0.05, 0.1) is 0 Å². The molecule has 0 aromatic heterocycles. The number of esters is 1. The van der Waals surface area contributed by atoms with E-state index in [1.54, 1.807) is 13.8 Å². The van der Waals surface area contributed by atoms with Crippen molar-refractivity contribution in [2.45, 2.75) is 26.9 Å². The van der Waals surface area contributed by atoms with Crippen molar-refractivity contribution in [3.8, 4) is 11.5 Å². The highest BCUT2D eigenvalue weighted by atomic mass is 19.4. The fourth-order valence-electron chi connectivity index (χ4n) is 1.46. The fraction of sp³-hybridized carbons (Fsp3) is 0.417. The molecule has 1 aromatic rings. The minimum Gasteiger partial charge on any atom is -0.484 e. The third-order valence-corrected chi connectivity index (χ3v) is 2.08. The molecular weight excluding hydrogens is 249 g/mol. The first kappa shape index (κ1) is 14.3. The van der Waals surface area contributed by atoms with Gasteiger partial charge < -0.3 is 9.47 Å². The van der Waals surface area contributed by atoms with Crippen LogP contribution in [0.4, 0.5) is 13.2 Å². The number of carbonyl (C=O) groups excluding carboxylic acids is 1. The van der Waals surface area contributed by atoms with Crippen molar-refractivity contribution in [1.29, 1.82) is 0 Å². The van der Waals surface area contributed by atoms with Crippen LogP contribution in [0.2, 0.25) is 0 Å². The monoisotopic (exact) mass is 262 g/mol. The molecule has 6 heteroatoms. The van der Waals surface area contributed by atoms with Gasteiger partial charge in [0, 0.05) is 6.92 Å². The first-order valence-corrected chi connectivity index (χ1v) is 5.18. The Labute approximate surface area is 103 Å². The van der Waals surface area contributed by atoms with Gasteiger partial charge in [0.1, 0.15) is 11.5 Å². The molecule has 0 spiro atoms. The first-order chi connectivity index (χ1) is 8.19. The van der Waals surface area contributed by atoms with E-state index in [1.807, 2.05) is 0 Å². The number of rotatable bonds is 3. The van der Waals surface area contributed by atoms with Crippen molar-refractivity contribution in [2.75, 3.05) is 6.61 Å². The summed E-state index contributed by atoms with van der Waals surface area (Å²) in [6.07, 6.45) is -4.38. The summed E-state index contributed by atoms with van der Waals surface area (Å²) in [5, 5.41) is 0. The molecule has 100 valence electrons. The van der Waals surface area contributed by atoms with Crippen molar-refractivity contribution in [3.63, 3.8) is 0 Å². The third-order valence-electron chi connectivity index (χ3n) is 2.08. The minimum absolute atomic E-state index is 0.0956. The molecule has 0 saturated carbocycles. The molecule has 18 heavy (non-hydrogen) atoms. The van der Waals surface area contributed by atoms with Crippen molar-refractivity contribution < 1.29 is 27.4 Å². The molecule has 0 amide bonds. The Kier molecular flexibility index (Phi) is 4.21. The van der Waals surface area contributed by atoms with Crippen LogP contribution >= 0.6 is 0 Å². The second kappa shape index (κ2) is 5.29. The van der Waals surface area contributed by atoms with E-state index in [4.69, 9.17) is 4.74 Å². The average molecular weight is 262 g/mol. The maximum absolute atomic E-state index is 12.0. The van der Waals surface area contributed by atoms with Crippen LogP contribution in [0.3, 0.4) is 0 Å². The molecule has 0 heterocycles. The molecule has 0 atom stereocenters. The van der Waals surface area contributed by atoms with E-state index in [0.717, 1.165) is 0 Å². The predicted octanol–water partition coefficient (Wildman–Crippen LogP) is 3.17. The molecule has 3 nitrogen and oxygen atoms in total. The normalized spacial score (nSPS) is 11.2. The summed E-state index contributed by atoms with van der Waals surface area (Å²) in [6.45, 7) is 3.17. The van der Waals surface area contributed by atoms with Crippen LogP contribution in [-0.4, -0.2) is 18.8 Å². The van der Waals surface area contributed by atoms with Crippen LogP contribution in [0.1, 0.15) is 18.1 Å². The second-order valence-corrected chi connectivity index (χ2v) is 3.88. The number of hydrogen-bond donors (Lipinski definition) is 0. The predicted molar refractivity (Wildman–Crippen MR) is 58.8 cm³/mol. The molecule has 0 aliphatic carbocycles. The van der Waals surface area contributed by atoms with Gasteiger partial charge in [-0.2, -0.15) is 13.2 Å². The number of benzene rings is 1. The lowest BCUT2D eigenvalue weighted by molar-refractivity contribution is -0.153. The lowest BCUT2D eigenvalue weighted by Crippen LogP contribution is -2.19. The van der Waals surface area contributed by atoms with E-state index in [1.165, 1.54) is 19.1 Å². The van der Waals surface area contributed by atoms with Crippen molar-refractivity contribution >= 4 is 5.97 Å². The maximum atomic E-state index is 12.0. The van der Waals surface area contributed by atoms with E-state index >= 15 is 0 Å². The summed E-state index contributed by atoms with van der Waals surface area (Å²) >= 11 is 0. The van der Waals surface area contributed by atoms with E-state index < -0.39 is 18.8 Å². The van der Waals surface area contributed by atoms with Crippen molar-refractivity contribution in [2.24, 2.45) is 0 Å². The van der Waals surface area contributed by atoms with Gasteiger partial charge in [0.2, 0.25) is 0 Å². The van der Waals surface area contributed by atoms with Gasteiger partial charge in [-0.05, 0) is 37.1 Å². The zero-order valence-electron chi connectivity index (χ0n) is 10.2. The zero-order valence-corrected chi connectivity index (χ0v) is 10.2. The molecule has 0 radical (unpaired) electrons. The number of ether oxygens (including phenoxy) is 2. The number of carbonyl (C=O) groups is 1. The summed E-state index contributed by atoms with van der Waals surface area (Å²) < 4.78 is 45.6. The average Bonchev–Trinajstić information content (AvgIpc) is 2.19. The summed E-state index contributed by atoms with van der Waals surface area (Å²) in [4.78, 5) is 10.9. The molecule has 0 saturated heterocycles. The van der Waals surface area contributed by atoms with Crippen LogP contribution in [0.15, 0.2) is 12.1 Å². The van der Waals surface area contributed by atoms with E-state index in [0.29, 0.717) is 16.9 Å². The van der Waals surface area contributed by atoms with Crippen molar-refractivity contribution in [3.05, 3.63) is 23.3 Å². The van der Waals surface area contributed by atoms with Gasteiger partial charge in [-0.15, -0.1) is 0 Å². The Morgan fingerprint density at radius 1 is 1.22 bits per heavy atom. The van der Waals surface area contributed by atoms with Crippen molar-refractivity contribution in [1.82, 2.24) is 0 Å². The smallest absolute Gasteiger partial charge is 0.422 e. The first-order valence-electron chi connectivity index (χ1n) is 5.18. The Morgan fingerprint density at radius 2 is 1.72 bits per heavy atom. The molecule has 0 fully saturated rings. The van der Waals surface area contributed by atoms with Crippen LogP contribution in [0.5, 0.6) is 11.5 Å². The molecule has 1 rings (SSSR count). The molecule has 0 unspecified atom stereocenters. The Hall–Kier alpha value is -1.72. The lowest BCUT2D eigenvalue weighted by Gasteiger charge is -2.13. The second-order valence-electron chi connectivity index (χ2n) is 3.88. The lowest BCUT2D eigenvalue weighted by atomic mass is 10.1. The summed E-state index contributed by atoms with van der Waals surface area (Å²) in [5.41, 5.74) is 1.09. The van der Waals surface area contributed by atoms with Crippen LogP contribution < -0.4 is 9.47 Å². The molecule has 0 N–H and O–H groups in total. The van der Waals surface area contributed by atoms with Gasteiger partial charge in [0.15, 0.2) is 6.61 Å². The van der Waals surface area contributed by atoms with Crippen LogP contribution in [-0.2, 0) is 4.79 Å². The number of alkyl halides is 3. The number of aryl methyl sites for hydroxylation is 2. The number of hydrogen-bond acceptors (Lipinski definition) is 3. The third kappa shape index (κ3) is 4.27.